The van der Waals surface area contributed by atoms with Crippen LogP contribution in [0.15, 0.2) is 0 Å². The summed E-state index contributed by atoms with van der Waals surface area (Å²) >= 11 is 0. The third-order valence-corrected chi connectivity index (χ3v) is 3.54. The molecule has 0 atom stereocenters. The van der Waals surface area contributed by atoms with Gasteiger partial charge in [-0.1, -0.05) is 19.3 Å². The minimum atomic E-state index is -1.08. The van der Waals surface area contributed by atoms with Crippen LogP contribution in [0.1, 0.15) is 38.5 Å². The highest BCUT2D eigenvalue weighted by atomic mass is 16.9. The summed E-state index contributed by atoms with van der Waals surface area (Å²) in [6.45, 7) is 0. The monoisotopic (exact) mass is 227 g/mol. The lowest BCUT2D eigenvalue weighted by Gasteiger charge is -2.38. The molecule has 1 fully saturated rings. The highest BCUT2D eigenvalue weighted by Gasteiger charge is 2.43. The number of ether oxygens (including phenoxy) is 3. The van der Waals surface area contributed by atoms with Gasteiger partial charge in [-0.2, -0.15) is 5.26 Å². The fourth-order valence-corrected chi connectivity index (χ4v) is 2.44. The van der Waals surface area contributed by atoms with Gasteiger partial charge in [0.05, 0.1) is 11.5 Å². The molecule has 0 aromatic rings. The van der Waals surface area contributed by atoms with Crippen molar-refractivity contribution in [1.29, 1.82) is 5.26 Å². The van der Waals surface area contributed by atoms with Gasteiger partial charge in [0.1, 0.15) is 0 Å². The molecule has 0 aromatic heterocycles. The van der Waals surface area contributed by atoms with E-state index in [9.17, 15) is 5.26 Å². The predicted molar refractivity (Wildman–Crippen MR) is 59.5 cm³/mol. The van der Waals surface area contributed by atoms with Crippen LogP contribution in [0.25, 0.3) is 0 Å². The van der Waals surface area contributed by atoms with Crippen molar-refractivity contribution in [3.05, 3.63) is 0 Å². The maximum absolute atomic E-state index is 9.37. The minimum Gasteiger partial charge on any atom is -0.331 e. The number of methoxy groups -OCH3 is 3. The van der Waals surface area contributed by atoms with Gasteiger partial charge < -0.3 is 14.2 Å². The molecule has 1 aliphatic rings. The van der Waals surface area contributed by atoms with Gasteiger partial charge in [-0.25, -0.2) is 0 Å². The molecule has 0 spiro atoms. The number of nitrogens with zero attached hydrogens (tertiary/aromatic N) is 1. The SMILES string of the molecule is COC(CC1(C#N)CCCCC1)(OC)OC. The Morgan fingerprint density at radius 2 is 1.56 bits per heavy atom. The van der Waals surface area contributed by atoms with Gasteiger partial charge in [0.2, 0.25) is 0 Å². The van der Waals surface area contributed by atoms with E-state index in [1.54, 1.807) is 21.3 Å². The van der Waals surface area contributed by atoms with E-state index >= 15 is 0 Å². The summed E-state index contributed by atoms with van der Waals surface area (Å²) in [5.74, 6) is -1.08. The van der Waals surface area contributed by atoms with Crippen LogP contribution in [-0.2, 0) is 14.2 Å². The second kappa shape index (κ2) is 5.62. The molecular weight excluding hydrogens is 206 g/mol. The summed E-state index contributed by atoms with van der Waals surface area (Å²) in [5, 5.41) is 9.37. The Hall–Kier alpha value is -0.630. The summed E-state index contributed by atoms with van der Waals surface area (Å²) in [6, 6.07) is 2.44. The van der Waals surface area contributed by atoms with Crippen molar-refractivity contribution in [2.75, 3.05) is 21.3 Å². The molecular formula is C12H21NO3. The van der Waals surface area contributed by atoms with Crippen LogP contribution in [0.4, 0.5) is 0 Å². The summed E-state index contributed by atoms with van der Waals surface area (Å²) in [6.07, 6.45) is 5.69. The van der Waals surface area contributed by atoms with Crippen LogP contribution >= 0.6 is 0 Å². The second-order valence-electron chi connectivity index (χ2n) is 4.42. The first-order valence-electron chi connectivity index (χ1n) is 5.72. The Bertz CT molecular complexity index is 241. The smallest absolute Gasteiger partial charge is 0.283 e. The highest BCUT2D eigenvalue weighted by Crippen LogP contribution is 2.43. The third-order valence-electron chi connectivity index (χ3n) is 3.54. The summed E-state index contributed by atoms with van der Waals surface area (Å²) in [5.41, 5.74) is -0.361. The molecule has 0 saturated heterocycles. The summed E-state index contributed by atoms with van der Waals surface area (Å²) in [4.78, 5) is 0. The standard InChI is InChI=1S/C12H21NO3/c1-14-12(15-2,16-3)9-11(10-13)7-5-4-6-8-11/h4-9H2,1-3H3. The fraction of sp³-hybridized carbons (Fsp3) is 0.917. The lowest BCUT2D eigenvalue weighted by atomic mass is 9.72. The topological polar surface area (TPSA) is 51.5 Å². The van der Waals surface area contributed by atoms with Gasteiger partial charge in [0, 0.05) is 27.8 Å². The van der Waals surface area contributed by atoms with Crippen molar-refractivity contribution in [2.24, 2.45) is 5.41 Å². The van der Waals surface area contributed by atoms with E-state index in [2.05, 4.69) is 6.07 Å². The first-order chi connectivity index (χ1) is 7.66. The van der Waals surface area contributed by atoms with Crippen molar-refractivity contribution < 1.29 is 14.2 Å². The van der Waals surface area contributed by atoms with E-state index in [0.717, 1.165) is 25.7 Å². The minimum absolute atomic E-state index is 0.361. The average Bonchev–Trinajstić information content (AvgIpc) is 2.37. The maximum Gasteiger partial charge on any atom is 0.283 e. The molecule has 0 amide bonds. The zero-order valence-corrected chi connectivity index (χ0v) is 10.4. The van der Waals surface area contributed by atoms with E-state index < -0.39 is 5.97 Å². The van der Waals surface area contributed by atoms with Crippen molar-refractivity contribution >= 4 is 0 Å². The second-order valence-corrected chi connectivity index (χ2v) is 4.42. The Morgan fingerprint density at radius 3 is 1.94 bits per heavy atom. The number of rotatable bonds is 5. The van der Waals surface area contributed by atoms with Crippen LogP contribution in [-0.4, -0.2) is 27.3 Å². The van der Waals surface area contributed by atoms with Gasteiger partial charge in [-0.05, 0) is 12.8 Å². The molecule has 0 unspecified atom stereocenters. The zero-order valence-electron chi connectivity index (χ0n) is 10.4. The van der Waals surface area contributed by atoms with Gasteiger partial charge in [0.15, 0.2) is 0 Å². The Labute approximate surface area is 97.5 Å². The molecule has 0 N–H and O–H groups in total. The predicted octanol–water partition coefficient (Wildman–Crippen LogP) is 2.44. The molecule has 16 heavy (non-hydrogen) atoms. The molecule has 1 rings (SSSR count). The molecule has 0 heterocycles. The maximum atomic E-state index is 9.37. The Morgan fingerprint density at radius 1 is 1.06 bits per heavy atom. The van der Waals surface area contributed by atoms with E-state index in [4.69, 9.17) is 14.2 Å². The number of hydrogen-bond donors (Lipinski definition) is 0. The van der Waals surface area contributed by atoms with Crippen LogP contribution in [0, 0.1) is 16.7 Å². The summed E-state index contributed by atoms with van der Waals surface area (Å²) in [7, 11) is 4.63. The molecule has 92 valence electrons. The molecule has 0 bridgehead atoms. The molecule has 0 aliphatic heterocycles. The Balaban J connectivity index is 2.78. The normalized spacial score (nSPS) is 20.4. The third kappa shape index (κ3) is 2.73. The van der Waals surface area contributed by atoms with Gasteiger partial charge in [0.25, 0.3) is 5.97 Å². The van der Waals surface area contributed by atoms with Crippen LogP contribution in [0.3, 0.4) is 0 Å². The number of hydrogen-bond acceptors (Lipinski definition) is 4. The van der Waals surface area contributed by atoms with Crippen LogP contribution in [0.5, 0.6) is 0 Å². The molecule has 1 aliphatic carbocycles. The highest BCUT2D eigenvalue weighted by molar-refractivity contribution is 5.02. The van der Waals surface area contributed by atoms with Crippen LogP contribution in [0.2, 0.25) is 0 Å². The average molecular weight is 227 g/mol. The molecule has 0 aromatic carbocycles. The molecule has 4 nitrogen and oxygen atoms in total. The fourth-order valence-electron chi connectivity index (χ4n) is 2.44. The molecule has 0 radical (unpaired) electrons. The van der Waals surface area contributed by atoms with Crippen molar-refractivity contribution in [1.82, 2.24) is 0 Å². The van der Waals surface area contributed by atoms with E-state index in [0.29, 0.717) is 6.42 Å². The lowest BCUT2D eigenvalue weighted by molar-refractivity contribution is -0.363. The van der Waals surface area contributed by atoms with Gasteiger partial charge in [-0.3, -0.25) is 0 Å². The van der Waals surface area contributed by atoms with Gasteiger partial charge in [-0.15, -0.1) is 0 Å². The first-order valence-corrected chi connectivity index (χ1v) is 5.72. The quantitative estimate of drug-likeness (QED) is 0.677. The zero-order chi connectivity index (χ0) is 12.1. The summed E-state index contributed by atoms with van der Waals surface area (Å²) < 4.78 is 15.8. The van der Waals surface area contributed by atoms with Crippen molar-refractivity contribution in [2.45, 2.75) is 44.5 Å². The largest absolute Gasteiger partial charge is 0.331 e. The van der Waals surface area contributed by atoms with E-state index in [-0.39, 0.29) is 5.41 Å². The lowest BCUT2D eigenvalue weighted by Crippen LogP contribution is -2.42. The van der Waals surface area contributed by atoms with E-state index in [1.165, 1.54) is 6.42 Å². The first kappa shape index (κ1) is 13.4. The van der Waals surface area contributed by atoms with Crippen molar-refractivity contribution in [3.8, 4) is 6.07 Å². The van der Waals surface area contributed by atoms with Crippen molar-refractivity contribution in [3.63, 3.8) is 0 Å². The Kier molecular flexibility index (Phi) is 4.72. The van der Waals surface area contributed by atoms with Crippen LogP contribution < -0.4 is 0 Å². The molecule has 1 saturated carbocycles. The molecule has 4 heteroatoms. The van der Waals surface area contributed by atoms with E-state index in [1.807, 2.05) is 0 Å². The van der Waals surface area contributed by atoms with Gasteiger partial charge >= 0.3 is 0 Å². The number of nitriles is 1.